The third kappa shape index (κ3) is 4.37. The molecule has 2 aromatic rings. The number of aromatic nitrogens is 1. The number of ether oxygens (including phenoxy) is 2. The van der Waals surface area contributed by atoms with Crippen LogP contribution in [-0.2, 0) is 32.0 Å². The monoisotopic (exact) mass is 398 g/mol. The molecule has 1 aromatic carbocycles. The second kappa shape index (κ2) is 8.30. The topological polar surface area (TPSA) is 104 Å². The van der Waals surface area contributed by atoms with Gasteiger partial charge in [0, 0.05) is 22.6 Å². The van der Waals surface area contributed by atoms with Gasteiger partial charge in [-0.25, -0.2) is 4.79 Å². The van der Waals surface area contributed by atoms with Crippen LogP contribution < -0.4 is 5.32 Å². The standard InChI is InChI=1S/C21H22N2O6/c1-4-28-21(27)16-7-12(2)23(13(16)3)10-20(26)29-11-18(24)14-5-6-17-15(8-14)9-19(25)22-17/h5-8H,4,9-11H2,1-3H3,(H,22,25). The summed E-state index contributed by atoms with van der Waals surface area (Å²) in [5.41, 5.74) is 3.53. The van der Waals surface area contributed by atoms with Crippen LogP contribution in [-0.4, -0.2) is 41.4 Å². The van der Waals surface area contributed by atoms with Gasteiger partial charge in [0.05, 0.1) is 18.6 Å². The average Bonchev–Trinajstić information content (AvgIpc) is 3.19. The molecular weight excluding hydrogens is 376 g/mol. The van der Waals surface area contributed by atoms with Crippen molar-refractivity contribution in [2.75, 3.05) is 18.5 Å². The summed E-state index contributed by atoms with van der Waals surface area (Å²) in [5.74, 6) is -1.50. The van der Waals surface area contributed by atoms with E-state index in [4.69, 9.17) is 9.47 Å². The molecule has 1 aliphatic rings. The van der Waals surface area contributed by atoms with Gasteiger partial charge in [-0.1, -0.05) is 0 Å². The maximum atomic E-state index is 12.3. The summed E-state index contributed by atoms with van der Waals surface area (Å²) in [7, 11) is 0. The van der Waals surface area contributed by atoms with E-state index in [0.717, 1.165) is 5.56 Å². The van der Waals surface area contributed by atoms with Gasteiger partial charge in [0.25, 0.3) is 0 Å². The van der Waals surface area contributed by atoms with Crippen molar-refractivity contribution < 1.29 is 28.7 Å². The first kappa shape index (κ1) is 20.3. The van der Waals surface area contributed by atoms with Crippen LogP contribution in [0.5, 0.6) is 0 Å². The van der Waals surface area contributed by atoms with Gasteiger partial charge < -0.3 is 19.4 Å². The van der Waals surface area contributed by atoms with Crippen molar-refractivity contribution in [3.8, 4) is 0 Å². The Kier molecular flexibility index (Phi) is 5.81. The van der Waals surface area contributed by atoms with Crippen molar-refractivity contribution in [2.24, 2.45) is 0 Å². The summed E-state index contributed by atoms with van der Waals surface area (Å²) in [6, 6.07) is 6.55. The molecule has 0 saturated carbocycles. The predicted octanol–water partition coefficient (Wildman–Crippen LogP) is 2.20. The highest BCUT2D eigenvalue weighted by Gasteiger charge is 2.21. The van der Waals surface area contributed by atoms with Crippen molar-refractivity contribution in [1.82, 2.24) is 4.57 Å². The molecule has 8 nitrogen and oxygen atoms in total. The SMILES string of the molecule is CCOC(=O)c1cc(C)n(CC(=O)OCC(=O)c2ccc3c(c2)CC(=O)N3)c1C. The number of esters is 2. The Morgan fingerprint density at radius 3 is 2.62 bits per heavy atom. The smallest absolute Gasteiger partial charge is 0.339 e. The van der Waals surface area contributed by atoms with Crippen LogP contribution in [0.15, 0.2) is 24.3 Å². The normalized spacial score (nSPS) is 12.3. The first-order valence-electron chi connectivity index (χ1n) is 9.25. The molecule has 0 unspecified atom stereocenters. The highest BCUT2D eigenvalue weighted by molar-refractivity contribution is 6.02. The minimum absolute atomic E-state index is 0.115. The molecule has 0 atom stereocenters. The number of carbonyl (C=O) groups is 4. The molecule has 0 fully saturated rings. The van der Waals surface area contributed by atoms with E-state index in [2.05, 4.69) is 5.32 Å². The zero-order valence-corrected chi connectivity index (χ0v) is 16.5. The Balaban J connectivity index is 1.61. The van der Waals surface area contributed by atoms with Crippen LogP contribution in [0.25, 0.3) is 0 Å². The van der Waals surface area contributed by atoms with Gasteiger partial charge in [-0.05, 0) is 50.6 Å². The van der Waals surface area contributed by atoms with Gasteiger partial charge in [-0.15, -0.1) is 0 Å². The fourth-order valence-electron chi connectivity index (χ4n) is 3.27. The number of ketones is 1. The molecule has 0 spiro atoms. The molecule has 1 aliphatic heterocycles. The van der Waals surface area contributed by atoms with E-state index in [9.17, 15) is 19.2 Å². The molecule has 0 radical (unpaired) electrons. The number of nitrogens with one attached hydrogen (secondary N) is 1. The lowest BCUT2D eigenvalue weighted by atomic mass is 10.1. The van der Waals surface area contributed by atoms with E-state index in [1.807, 2.05) is 0 Å². The molecule has 152 valence electrons. The van der Waals surface area contributed by atoms with Crippen molar-refractivity contribution >= 4 is 29.3 Å². The number of anilines is 1. The van der Waals surface area contributed by atoms with Crippen LogP contribution in [0.2, 0.25) is 0 Å². The number of fused-ring (bicyclic) bond motifs is 1. The Morgan fingerprint density at radius 2 is 1.90 bits per heavy atom. The van der Waals surface area contributed by atoms with Crippen LogP contribution in [0, 0.1) is 13.8 Å². The largest absolute Gasteiger partial charge is 0.462 e. The average molecular weight is 398 g/mol. The van der Waals surface area contributed by atoms with Gasteiger partial charge in [-0.2, -0.15) is 0 Å². The van der Waals surface area contributed by atoms with Crippen molar-refractivity contribution in [3.63, 3.8) is 0 Å². The minimum Gasteiger partial charge on any atom is -0.462 e. The number of rotatable bonds is 7. The molecule has 1 amide bonds. The number of Topliss-reactive ketones (excluding diaryl/α,β-unsaturated/α-hetero) is 1. The number of hydrogen-bond donors (Lipinski definition) is 1. The number of aryl methyl sites for hydroxylation is 1. The molecule has 2 heterocycles. The first-order chi connectivity index (χ1) is 13.8. The zero-order valence-electron chi connectivity index (χ0n) is 16.5. The van der Waals surface area contributed by atoms with Crippen molar-refractivity contribution in [2.45, 2.75) is 33.7 Å². The number of benzene rings is 1. The molecule has 0 saturated heterocycles. The number of nitrogens with zero attached hydrogens (tertiary/aromatic N) is 1. The van der Waals surface area contributed by atoms with Gasteiger partial charge >= 0.3 is 11.9 Å². The summed E-state index contributed by atoms with van der Waals surface area (Å²) < 4.78 is 11.8. The van der Waals surface area contributed by atoms with E-state index in [1.165, 1.54) is 0 Å². The third-order valence-corrected chi connectivity index (χ3v) is 4.77. The van der Waals surface area contributed by atoms with E-state index in [1.54, 1.807) is 49.6 Å². The van der Waals surface area contributed by atoms with Gasteiger partial charge in [0.2, 0.25) is 5.91 Å². The molecule has 29 heavy (non-hydrogen) atoms. The Hall–Kier alpha value is -3.42. The summed E-state index contributed by atoms with van der Waals surface area (Å²) in [6.45, 7) is 4.96. The number of hydrogen-bond acceptors (Lipinski definition) is 6. The maximum Gasteiger partial charge on any atom is 0.339 e. The molecular formula is C21H22N2O6. The molecule has 1 aromatic heterocycles. The van der Waals surface area contributed by atoms with E-state index in [0.29, 0.717) is 28.2 Å². The summed E-state index contributed by atoms with van der Waals surface area (Å²) in [5, 5.41) is 2.70. The highest BCUT2D eigenvalue weighted by Crippen LogP contribution is 2.24. The van der Waals surface area contributed by atoms with Crippen LogP contribution in [0.1, 0.15) is 44.6 Å². The van der Waals surface area contributed by atoms with Crippen LogP contribution >= 0.6 is 0 Å². The lowest BCUT2D eigenvalue weighted by molar-refractivity contribution is -0.143. The minimum atomic E-state index is -0.589. The fraction of sp³-hybridized carbons (Fsp3) is 0.333. The lowest BCUT2D eigenvalue weighted by Gasteiger charge is -2.10. The summed E-state index contributed by atoms with van der Waals surface area (Å²) in [6.07, 6.45) is 0.227. The summed E-state index contributed by atoms with van der Waals surface area (Å²) in [4.78, 5) is 47.9. The van der Waals surface area contributed by atoms with E-state index in [-0.39, 0.29) is 31.3 Å². The van der Waals surface area contributed by atoms with Crippen LogP contribution in [0.3, 0.4) is 0 Å². The van der Waals surface area contributed by atoms with Gasteiger partial charge in [0.1, 0.15) is 6.54 Å². The molecule has 8 heteroatoms. The molecule has 0 aliphatic carbocycles. The number of amides is 1. The predicted molar refractivity (Wildman–Crippen MR) is 104 cm³/mol. The second-order valence-electron chi connectivity index (χ2n) is 6.77. The van der Waals surface area contributed by atoms with Crippen molar-refractivity contribution in [1.29, 1.82) is 0 Å². The maximum absolute atomic E-state index is 12.3. The Bertz CT molecular complexity index is 1000. The Labute approximate surface area is 167 Å². The lowest BCUT2D eigenvalue weighted by Crippen LogP contribution is -2.20. The Morgan fingerprint density at radius 1 is 1.14 bits per heavy atom. The second-order valence-corrected chi connectivity index (χ2v) is 6.77. The van der Waals surface area contributed by atoms with Crippen LogP contribution in [0.4, 0.5) is 5.69 Å². The highest BCUT2D eigenvalue weighted by atomic mass is 16.5. The van der Waals surface area contributed by atoms with Crippen molar-refractivity contribution in [3.05, 3.63) is 52.3 Å². The first-order valence-corrected chi connectivity index (χ1v) is 9.25. The third-order valence-electron chi connectivity index (χ3n) is 4.77. The van der Waals surface area contributed by atoms with Gasteiger partial charge in [-0.3, -0.25) is 14.4 Å². The fourth-order valence-corrected chi connectivity index (χ4v) is 3.27. The molecule has 1 N–H and O–H groups in total. The van der Waals surface area contributed by atoms with Gasteiger partial charge in [0.15, 0.2) is 12.4 Å². The quantitative estimate of drug-likeness (QED) is 0.566. The molecule has 0 bridgehead atoms. The van der Waals surface area contributed by atoms with E-state index >= 15 is 0 Å². The zero-order chi connectivity index (χ0) is 21.1. The molecule has 3 rings (SSSR count). The van der Waals surface area contributed by atoms with E-state index < -0.39 is 18.5 Å². The summed E-state index contributed by atoms with van der Waals surface area (Å²) >= 11 is 0. The number of carbonyl (C=O) groups excluding carboxylic acids is 4.